The van der Waals surface area contributed by atoms with Gasteiger partial charge in [0.2, 0.25) is 0 Å². The van der Waals surface area contributed by atoms with Crippen molar-refractivity contribution in [1.29, 1.82) is 0 Å². The second kappa shape index (κ2) is 4.28. The quantitative estimate of drug-likeness (QED) is 0.762. The van der Waals surface area contributed by atoms with Gasteiger partial charge in [0.1, 0.15) is 17.8 Å². The number of rotatable bonds is 2. The summed E-state index contributed by atoms with van der Waals surface area (Å²) in [6.45, 7) is 1.82. The Bertz CT molecular complexity index is 731. The Kier molecular flexibility index (Phi) is 2.59. The summed E-state index contributed by atoms with van der Waals surface area (Å²) in [6, 6.07) is 7.93. The first-order valence-electron chi connectivity index (χ1n) is 5.72. The first-order chi connectivity index (χ1) is 9.15. The van der Waals surface area contributed by atoms with Crippen molar-refractivity contribution in [3.05, 3.63) is 48.2 Å². The van der Waals surface area contributed by atoms with Crippen LogP contribution in [0.15, 0.2) is 45.5 Å². The fraction of sp³-hybridized carbons (Fsp3) is 0.0714. The maximum absolute atomic E-state index is 13.3. The highest BCUT2D eigenvalue weighted by Crippen LogP contribution is 2.37. The fourth-order valence-electron chi connectivity index (χ4n) is 1.98. The van der Waals surface area contributed by atoms with Crippen molar-refractivity contribution in [2.45, 2.75) is 6.92 Å². The molecule has 0 aliphatic heterocycles. The van der Waals surface area contributed by atoms with Crippen molar-refractivity contribution < 1.29 is 13.3 Å². The van der Waals surface area contributed by atoms with Gasteiger partial charge in [-0.1, -0.05) is 17.3 Å². The number of nitrogens with zero attached hydrogens (tertiary/aromatic N) is 1. The van der Waals surface area contributed by atoms with E-state index in [1.165, 1.54) is 12.1 Å². The molecule has 0 amide bonds. The predicted octanol–water partition coefficient (Wildman–Crippen LogP) is 3.63. The SMILES string of the molecule is Cc1cc(-c2onc(N)c2-c2cccc(F)c2)co1. The number of benzene rings is 1. The van der Waals surface area contributed by atoms with Crippen LogP contribution < -0.4 is 5.73 Å². The zero-order valence-corrected chi connectivity index (χ0v) is 10.2. The summed E-state index contributed by atoms with van der Waals surface area (Å²) >= 11 is 0. The van der Waals surface area contributed by atoms with Gasteiger partial charge in [0.25, 0.3) is 0 Å². The number of nitrogen functional groups attached to an aromatic ring is 1. The van der Waals surface area contributed by atoms with E-state index in [9.17, 15) is 4.39 Å². The smallest absolute Gasteiger partial charge is 0.180 e. The van der Waals surface area contributed by atoms with Crippen LogP contribution in [0.2, 0.25) is 0 Å². The maximum atomic E-state index is 13.3. The molecule has 2 N–H and O–H groups in total. The second-order valence-corrected chi connectivity index (χ2v) is 4.23. The van der Waals surface area contributed by atoms with E-state index >= 15 is 0 Å². The van der Waals surface area contributed by atoms with Crippen LogP contribution in [0.4, 0.5) is 10.2 Å². The van der Waals surface area contributed by atoms with Crippen molar-refractivity contribution in [2.24, 2.45) is 0 Å². The molecule has 1 aromatic carbocycles. The maximum Gasteiger partial charge on any atom is 0.180 e. The number of hydrogen-bond acceptors (Lipinski definition) is 4. The molecule has 3 aromatic rings. The van der Waals surface area contributed by atoms with E-state index in [-0.39, 0.29) is 11.6 Å². The first-order valence-corrected chi connectivity index (χ1v) is 5.72. The molecule has 0 radical (unpaired) electrons. The topological polar surface area (TPSA) is 65.2 Å². The lowest BCUT2D eigenvalue weighted by Crippen LogP contribution is -1.89. The number of aryl methyl sites for hydroxylation is 1. The number of hydrogen-bond donors (Lipinski definition) is 1. The summed E-state index contributed by atoms with van der Waals surface area (Å²) < 4.78 is 23.8. The predicted molar refractivity (Wildman–Crippen MR) is 68.7 cm³/mol. The molecule has 0 aliphatic carbocycles. The molecule has 2 heterocycles. The van der Waals surface area contributed by atoms with Gasteiger partial charge >= 0.3 is 0 Å². The van der Waals surface area contributed by atoms with E-state index in [0.29, 0.717) is 16.9 Å². The van der Waals surface area contributed by atoms with Crippen LogP contribution >= 0.6 is 0 Å². The largest absolute Gasteiger partial charge is 0.469 e. The van der Waals surface area contributed by atoms with Crippen molar-refractivity contribution >= 4 is 5.82 Å². The molecule has 0 saturated carbocycles. The van der Waals surface area contributed by atoms with Gasteiger partial charge in [0.05, 0.1) is 11.1 Å². The van der Waals surface area contributed by atoms with Gasteiger partial charge in [-0.2, -0.15) is 0 Å². The summed E-state index contributed by atoms with van der Waals surface area (Å²) in [5.41, 5.74) is 7.72. The van der Waals surface area contributed by atoms with Crippen molar-refractivity contribution in [1.82, 2.24) is 5.16 Å². The number of aromatic nitrogens is 1. The average molecular weight is 258 g/mol. The standard InChI is InChI=1S/C14H11FN2O2/c1-8-5-10(7-18-8)13-12(14(16)17-19-13)9-3-2-4-11(15)6-9/h2-7H,1H3,(H2,16,17). The fourth-order valence-corrected chi connectivity index (χ4v) is 1.98. The van der Waals surface area contributed by atoms with Crippen LogP contribution in [0, 0.1) is 12.7 Å². The van der Waals surface area contributed by atoms with Crippen molar-refractivity contribution in [3.8, 4) is 22.5 Å². The minimum Gasteiger partial charge on any atom is -0.469 e. The van der Waals surface area contributed by atoms with Crippen LogP contribution in [-0.4, -0.2) is 5.16 Å². The molecule has 2 aromatic heterocycles. The van der Waals surface area contributed by atoms with E-state index < -0.39 is 0 Å². The molecule has 5 heteroatoms. The van der Waals surface area contributed by atoms with Gasteiger partial charge in [-0.25, -0.2) is 4.39 Å². The minimum absolute atomic E-state index is 0.222. The lowest BCUT2D eigenvalue weighted by Gasteiger charge is -2.01. The summed E-state index contributed by atoms with van der Waals surface area (Å²) in [7, 11) is 0. The van der Waals surface area contributed by atoms with Gasteiger partial charge < -0.3 is 14.7 Å². The summed E-state index contributed by atoms with van der Waals surface area (Å²) in [5.74, 6) is 1.10. The Morgan fingerprint density at radius 1 is 1.21 bits per heavy atom. The Labute approximate surface area is 108 Å². The Morgan fingerprint density at radius 3 is 2.74 bits per heavy atom. The zero-order chi connectivity index (χ0) is 13.4. The summed E-state index contributed by atoms with van der Waals surface area (Å²) in [4.78, 5) is 0. The van der Waals surface area contributed by atoms with E-state index in [2.05, 4.69) is 5.16 Å². The number of furan rings is 1. The first kappa shape index (κ1) is 11.5. The van der Waals surface area contributed by atoms with Gasteiger partial charge in [-0.15, -0.1) is 0 Å². The molecule has 4 nitrogen and oxygen atoms in total. The molecule has 0 saturated heterocycles. The molecule has 0 unspecified atom stereocenters. The molecule has 0 fully saturated rings. The van der Waals surface area contributed by atoms with Crippen molar-refractivity contribution in [3.63, 3.8) is 0 Å². The highest BCUT2D eigenvalue weighted by atomic mass is 19.1. The molecular weight excluding hydrogens is 247 g/mol. The lowest BCUT2D eigenvalue weighted by molar-refractivity contribution is 0.435. The van der Waals surface area contributed by atoms with Gasteiger partial charge in [-0.05, 0) is 30.7 Å². The van der Waals surface area contributed by atoms with Crippen LogP contribution in [0.3, 0.4) is 0 Å². The third-order valence-electron chi connectivity index (χ3n) is 2.82. The Morgan fingerprint density at radius 2 is 2.05 bits per heavy atom. The van der Waals surface area contributed by atoms with E-state index in [1.807, 2.05) is 13.0 Å². The lowest BCUT2D eigenvalue weighted by atomic mass is 10.0. The third kappa shape index (κ3) is 1.99. The average Bonchev–Trinajstić information content (AvgIpc) is 2.95. The van der Waals surface area contributed by atoms with Gasteiger partial charge in [-0.3, -0.25) is 0 Å². The molecule has 0 atom stereocenters. The van der Waals surface area contributed by atoms with Gasteiger partial charge in [0, 0.05) is 0 Å². The Balaban J connectivity index is 2.19. The number of anilines is 1. The molecular formula is C14H11FN2O2. The second-order valence-electron chi connectivity index (χ2n) is 4.23. The highest BCUT2D eigenvalue weighted by molar-refractivity contribution is 5.86. The summed E-state index contributed by atoms with van der Waals surface area (Å²) in [5, 5.41) is 3.75. The monoisotopic (exact) mass is 258 g/mol. The van der Waals surface area contributed by atoms with Crippen LogP contribution in [0.5, 0.6) is 0 Å². The zero-order valence-electron chi connectivity index (χ0n) is 10.2. The Hall–Kier alpha value is -2.56. The molecule has 0 aliphatic rings. The molecule has 3 rings (SSSR count). The molecule has 19 heavy (non-hydrogen) atoms. The van der Waals surface area contributed by atoms with E-state index in [1.54, 1.807) is 18.4 Å². The molecule has 96 valence electrons. The highest BCUT2D eigenvalue weighted by Gasteiger charge is 2.19. The summed E-state index contributed by atoms with van der Waals surface area (Å²) in [6.07, 6.45) is 1.55. The number of halogens is 1. The van der Waals surface area contributed by atoms with Gasteiger partial charge in [0.15, 0.2) is 11.6 Å². The minimum atomic E-state index is -0.340. The van der Waals surface area contributed by atoms with Crippen molar-refractivity contribution in [2.75, 3.05) is 5.73 Å². The normalized spacial score (nSPS) is 10.8. The number of nitrogens with two attached hydrogens (primary N) is 1. The van der Waals surface area contributed by atoms with E-state index in [4.69, 9.17) is 14.7 Å². The van der Waals surface area contributed by atoms with Crippen LogP contribution in [0.25, 0.3) is 22.5 Å². The van der Waals surface area contributed by atoms with Crippen LogP contribution in [-0.2, 0) is 0 Å². The third-order valence-corrected chi connectivity index (χ3v) is 2.82. The van der Waals surface area contributed by atoms with E-state index in [0.717, 1.165) is 11.3 Å². The molecule has 0 spiro atoms. The molecule has 0 bridgehead atoms. The van der Waals surface area contributed by atoms with Crippen LogP contribution in [0.1, 0.15) is 5.76 Å².